The number of hydrogen-bond acceptors (Lipinski definition) is 3. The Morgan fingerprint density at radius 1 is 0.970 bits per heavy atom. The van der Waals surface area contributed by atoms with E-state index in [1.165, 1.54) is 51.7 Å². The average Bonchev–Trinajstić information content (AvgIpc) is 3.20. The molecule has 0 spiro atoms. The maximum Gasteiger partial charge on any atom is 0.248 e. The lowest BCUT2D eigenvalue weighted by molar-refractivity contribution is 0.1000. The monoisotopic (exact) mass is 441 g/mol. The van der Waals surface area contributed by atoms with Crippen LogP contribution in [-0.4, -0.2) is 21.8 Å². The van der Waals surface area contributed by atoms with Crippen molar-refractivity contribution in [2.45, 2.75) is 41.2 Å². The van der Waals surface area contributed by atoms with Gasteiger partial charge in [-0.2, -0.15) is 0 Å². The zero-order valence-corrected chi connectivity index (χ0v) is 19.9. The number of nitrogens with two attached hydrogens (primary N) is 1. The second kappa shape index (κ2) is 9.74. The van der Waals surface area contributed by atoms with Crippen LogP contribution in [0.3, 0.4) is 0 Å². The van der Waals surface area contributed by atoms with Crippen LogP contribution in [0.2, 0.25) is 0 Å². The van der Waals surface area contributed by atoms with Crippen molar-refractivity contribution >= 4 is 23.0 Å². The Kier molecular flexibility index (Phi) is 7.02. The number of aromatic nitrogens is 1. The average molecular weight is 442 g/mol. The molecule has 0 bridgehead atoms. The topological polar surface area (TPSA) is 92.1 Å². The molecule has 0 radical (unpaired) electrons. The number of nitrogens with zero attached hydrogens (tertiary/aromatic N) is 1. The van der Waals surface area contributed by atoms with Gasteiger partial charge in [-0.05, 0) is 98.3 Å². The molecule has 0 aliphatic carbocycles. The molecule has 1 amide bonds. The molecule has 0 atom stereocenters. The number of aryl methyl sites for hydroxylation is 3. The van der Waals surface area contributed by atoms with E-state index < -0.39 is 5.91 Å². The lowest BCUT2D eigenvalue weighted by atomic mass is 9.94. The highest BCUT2D eigenvalue weighted by Crippen LogP contribution is 2.25. The van der Waals surface area contributed by atoms with E-state index in [0.29, 0.717) is 11.1 Å². The molecule has 1 aromatic heterocycles. The summed E-state index contributed by atoms with van der Waals surface area (Å²) >= 11 is 0. The van der Waals surface area contributed by atoms with E-state index in [0.717, 1.165) is 17.5 Å². The summed E-state index contributed by atoms with van der Waals surface area (Å²) in [6.45, 7) is 11.4. The Hall–Kier alpha value is -3.86. The summed E-state index contributed by atoms with van der Waals surface area (Å²) < 4.78 is 2.29. The van der Waals surface area contributed by atoms with Crippen molar-refractivity contribution < 1.29 is 9.90 Å². The molecule has 4 rings (SSSR count). The number of carbonyl (C=O) groups excluding carboxylic acids is 1. The number of rotatable bonds is 4. The number of aromatic hydroxyl groups is 1. The van der Waals surface area contributed by atoms with Crippen LogP contribution in [0.25, 0.3) is 10.9 Å². The number of primary amides is 1. The van der Waals surface area contributed by atoms with E-state index in [2.05, 4.69) is 56.7 Å². The predicted octanol–water partition coefficient (Wildman–Crippen LogP) is 5.72. The maximum atomic E-state index is 10.6. The summed E-state index contributed by atoms with van der Waals surface area (Å²) in [6.07, 6.45) is 3.56. The minimum absolute atomic E-state index is 0.176. The summed E-state index contributed by atoms with van der Waals surface area (Å²) in [5.41, 5.74) is 15.1. The number of phenols is 1. The zero-order valence-electron chi connectivity index (χ0n) is 19.9. The van der Waals surface area contributed by atoms with Crippen LogP contribution < -0.4 is 5.73 Å². The minimum Gasteiger partial charge on any atom is -0.508 e. The Morgan fingerprint density at radius 3 is 2.21 bits per heavy atom. The molecule has 170 valence electrons. The normalized spacial score (nSPS) is 10.6. The fourth-order valence-corrected chi connectivity index (χ4v) is 4.03. The Bertz CT molecular complexity index is 1320. The van der Waals surface area contributed by atoms with Gasteiger partial charge < -0.3 is 20.8 Å². The number of benzene rings is 3. The second-order valence-corrected chi connectivity index (χ2v) is 8.47. The highest BCUT2D eigenvalue weighted by atomic mass is 16.3. The molecule has 4 aromatic rings. The van der Waals surface area contributed by atoms with Gasteiger partial charge in [-0.25, -0.2) is 0 Å². The van der Waals surface area contributed by atoms with Gasteiger partial charge in [0.05, 0.1) is 0 Å². The van der Waals surface area contributed by atoms with Crippen LogP contribution in [-0.2, 0) is 6.54 Å². The lowest BCUT2D eigenvalue weighted by Crippen LogP contribution is -2.10. The van der Waals surface area contributed by atoms with Gasteiger partial charge in [-0.3, -0.25) is 4.79 Å². The van der Waals surface area contributed by atoms with E-state index in [1.807, 2.05) is 12.1 Å². The van der Waals surface area contributed by atoms with E-state index in [1.54, 1.807) is 13.0 Å². The standard InChI is InChI=1S/C20H22N2.C8H9NO2/c1-13-10-14(2)16(4)19(15(13)3)12-22-9-8-18-17(11-21)6-5-7-20(18)22;1-5-4-6(8(9)11)2-3-7(5)10/h5-11,21H,12H2,1-4H3;2-4,10H,1H3,(H2,9,11). The number of fused-ring (bicyclic) bond motifs is 1. The molecule has 5 heteroatoms. The van der Waals surface area contributed by atoms with Crippen molar-refractivity contribution in [3.05, 3.63) is 99.2 Å². The van der Waals surface area contributed by atoms with Crippen molar-refractivity contribution in [1.82, 2.24) is 4.57 Å². The van der Waals surface area contributed by atoms with Crippen LogP contribution in [0.4, 0.5) is 0 Å². The molecule has 33 heavy (non-hydrogen) atoms. The Morgan fingerprint density at radius 2 is 1.64 bits per heavy atom. The van der Waals surface area contributed by atoms with Gasteiger partial charge in [-0.1, -0.05) is 18.2 Å². The predicted molar refractivity (Wildman–Crippen MR) is 136 cm³/mol. The van der Waals surface area contributed by atoms with Crippen LogP contribution in [0.1, 0.15) is 49.3 Å². The molecular weight excluding hydrogens is 410 g/mol. The third-order valence-corrected chi connectivity index (χ3v) is 6.33. The number of phenolic OH excluding ortho intramolecular Hbond substituents is 1. The van der Waals surface area contributed by atoms with E-state index in [-0.39, 0.29) is 5.75 Å². The SMILES string of the molecule is Cc1cc(C(N)=O)ccc1O.Cc1cc(C)c(C)c(Cn2ccc3c(C=N)cccc32)c1C. The maximum absolute atomic E-state index is 10.6. The lowest BCUT2D eigenvalue weighted by Gasteiger charge is -2.16. The fourth-order valence-electron chi connectivity index (χ4n) is 4.03. The summed E-state index contributed by atoms with van der Waals surface area (Å²) in [7, 11) is 0. The van der Waals surface area contributed by atoms with Crippen molar-refractivity contribution in [2.75, 3.05) is 0 Å². The van der Waals surface area contributed by atoms with Crippen LogP contribution in [0.5, 0.6) is 5.75 Å². The van der Waals surface area contributed by atoms with Crippen molar-refractivity contribution in [2.24, 2.45) is 5.73 Å². The first-order valence-corrected chi connectivity index (χ1v) is 10.9. The summed E-state index contributed by atoms with van der Waals surface area (Å²) in [5, 5.41) is 17.8. The van der Waals surface area contributed by atoms with Crippen LogP contribution in [0, 0.1) is 40.0 Å². The van der Waals surface area contributed by atoms with Crippen molar-refractivity contribution in [3.63, 3.8) is 0 Å². The number of nitrogens with one attached hydrogen (secondary N) is 1. The highest BCUT2D eigenvalue weighted by molar-refractivity contribution is 5.98. The molecule has 0 unspecified atom stereocenters. The summed E-state index contributed by atoms with van der Waals surface area (Å²) in [5.74, 6) is -0.303. The molecule has 3 aromatic carbocycles. The van der Waals surface area contributed by atoms with Gasteiger partial charge in [0.1, 0.15) is 5.75 Å². The third kappa shape index (κ3) is 4.98. The second-order valence-electron chi connectivity index (χ2n) is 8.47. The van der Waals surface area contributed by atoms with Crippen LogP contribution >= 0.6 is 0 Å². The zero-order chi connectivity index (χ0) is 24.3. The Balaban J connectivity index is 0.000000235. The first-order valence-electron chi connectivity index (χ1n) is 10.9. The van der Waals surface area contributed by atoms with E-state index in [4.69, 9.17) is 16.2 Å². The molecule has 0 aliphatic heterocycles. The molecule has 0 fully saturated rings. The molecule has 0 saturated heterocycles. The van der Waals surface area contributed by atoms with Crippen molar-refractivity contribution in [1.29, 1.82) is 5.41 Å². The fraction of sp³-hybridized carbons (Fsp3) is 0.214. The molecule has 0 aliphatic rings. The molecular formula is C28H31N3O2. The molecule has 4 N–H and O–H groups in total. The van der Waals surface area contributed by atoms with Crippen molar-refractivity contribution in [3.8, 4) is 5.75 Å². The highest BCUT2D eigenvalue weighted by Gasteiger charge is 2.11. The third-order valence-electron chi connectivity index (χ3n) is 6.33. The van der Waals surface area contributed by atoms with Gasteiger partial charge >= 0.3 is 0 Å². The molecule has 0 saturated carbocycles. The summed E-state index contributed by atoms with van der Waals surface area (Å²) in [4.78, 5) is 10.6. The quantitative estimate of drug-likeness (QED) is 0.353. The van der Waals surface area contributed by atoms with Crippen LogP contribution in [0.15, 0.2) is 54.7 Å². The van der Waals surface area contributed by atoms with Gasteiger partial charge in [0.25, 0.3) is 0 Å². The van der Waals surface area contributed by atoms with E-state index in [9.17, 15) is 4.79 Å². The summed E-state index contributed by atoms with van der Waals surface area (Å²) in [6, 6.07) is 15.0. The Labute approximate surface area is 195 Å². The number of carbonyl (C=O) groups is 1. The number of amides is 1. The first kappa shape index (κ1) is 23.8. The smallest absolute Gasteiger partial charge is 0.248 e. The minimum atomic E-state index is -0.479. The largest absolute Gasteiger partial charge is 0.508 e. The van der Waals surface area contributed by atoms with Gasteiger partial charge in [-0.15, -0.1) is 0 Å². The van der Waals surface area contributed by atoms with Gasteiger partial charge in [0.2, 0.25) is 5.91 Å². The first-order chi connectivity index (χ1) is 15.6. The number of hydrogen-bond donors (Lipinski definition) is 3. The van der Waals surface area contributed by atoms with E-state index >= 15 is 0 Å². The van der Waals surface area contributed by atoms with Gasteiger partial charge in [0.15, 0.2) is 0 Å². The molecule has 5 nitrogen and oxygen atoms in total. The molecule has 1 heterocycles. The van der Waals surface area contributed by atoms with Gasteiger partial charge in [0, 0.05) is 41.0 Å².